The van der Waals surface area contributed by atoms with Crippen LogP contribution in [0.3, 0.4) is 0 Å². The number of nitrogens with zero attached hydrogens (tertiary/aromatic N) is 1. The van der Waals surface area contributed by atoms with E-state index in [0.717, 1.165) is 0 Å². The molecule has 0 fully saturated rings. The Bertz CT molecular complexity index is 959. The molecule has 1 radical (unpaired) electrons. The van der Waals surface area contributed by atoms with Gasteiger partial charge in [0.05, 0.1) is 5.39 Å². The normalized spacial score (nSPS) is 15.7. The second-order valence-corrected chi connectivity index (χ2v) is 5.59. The Kier molecular flexibility index (Phi) is 5.01. The molecule has 8 heteroatoms. The fourth-order valence-corrected chi connectivity index (χ4v) is 3.02. The van der Waals surface area contributed by atoms with E-state index in [4.69, 9.17) is 26.0 Å². The van der Waals surface area contributed by atoms with Crippen LogP contribution in [-0.2, 0) is 11.2 Å². The Labute approximate surface area is 183 Å². The van der Waals surface area contributed by atoms with Gasteiger partial charge in [-0.05, 0) is 18.2 Å². The molecule has 24 heavy (non-hydrogen) atoms. The molecule has 2 heterocycles. The summed E-state index contributed by atoms with van der Waals surface area (Å²) in [5.74, 6) is -1.22. The molecule has 1 aliphatic heterocycles. The quantitative estimate of drug-likeness (QED) is 0.699. The van der Waals surface area contributed by atoms with E-state index in [0.29, 0.717) is 16.6 Å². The minimum absolute atomic E-state index is 0. The first-order chi connectivity index (χ1) is 11.1. The van der Waals surface area contributed by atoms with E-state index >= 15 is 0 Å². The first-order valence-corrected chi connectivity index (χ1v) is 7.19. The van der Waals surface area contributed by atoms with Crippen molar-refractivity contribution in [1.82, 2.24) is 5.16 Å². The summed E-state index contributed by atoms with van der Waals surface area (Å²) in [7, 11) is 0. The van der Waals surface area contributed by atoms with Crippen LogP contribution < -0.4 is 4.74 Å². The van der Waals surface area contributed by atoms with E-state index in [2.05, 4.69) is 5.16 Å². The average Bonchev–Trinajstić information content (AvgIpc) is 3.13. The van der Waals surface area contributed by atoms with E-state index in [1.807, 2.05) is 0 Å². The van der Waals surface area contributed by atoms with Crippen molar-refractivity contribution in [3.63, 3.8) is 0 Å². The van der Waals surface area contributed by atoms with Crippen LogP contribution in [0.1, 0.15) is 5.56 Å². The zero-order valence-electron chi connectivity index (χ0n) is 12.5. The van der Waals surface area contributed by atoms with Crippen LogP contribution in [0.15, 0.2) is 34.9 Å². The number of benzene rings is 2. The standard InChI is InChI=1S/C16H9ClFNO4.K/c17-12-14-7(6-11(22-14)16(20)21)5-9-13(19-23-15(9)12)8-3-1-2-4-10(8)18;/h1-5,11H,6H2,(H,20,21);. The number of hydrogen-bond donors (Lipinski definition) is 1. The summed E-state index contributed by atoms with van der Waals surface area (Å²) in [5.41, 5.74) is 1.49. The Morgan fingerprint density at radius 3 is 2.83 bits per heavy atom. The van der Waals surface area contributed by atoms with Crippen molar-refractivity contribution in [3.05, 3.63) is 46.7 Å². The van der Waals surface area contributed by atoms with Gasteiger partial charge in [0.2, 0.25) is 0 Å². The molecule has 117 valence electrons. The maximum atomic E-state index is 14.0. The molecule has 0 bridgehead atoms. The molecule has 0 spiro atoms. The van der Waals surface area contributed by atoms with Crippen LogP contribution in [0.2, 0.25) is 5.02 Å². The number of ether oxygens (including phenoxy) is 1. The largest absolute Gasteiger partial charge is 0.478 e. The summed E-state index contributed by atoms with van der Waals surface area (Å²) in [6, 6.07) is 7.88. The van der Waals surface area contributed by atoms with Gasteiger partial charge in [-0.15, -0.1) is 0 Å². The zero-order chi connectivity index (χ0) is 16.1. The van der Waals surface area contributed by atoms with Gasteiger partial charge in [-0.2, -0.15) is 0 Å². The molecule has 0 saturated heterocycles. The summed E-state index contributed by atoms with van der Waals surface area (Å²) in [4.78, 5) is 11.1. The van der Waals surface area contributed by atoms with Gasteiger partial charge < -0.3 is 14.4 Å². The molecule has 1 unspecified atom stereocenters. The maximum Gasteiger partial charge on any atom is 0.345 e. The SMILES string of the molecule is O=C(O)C1Cc2cc3c(-c4ccccc4F)noc3c(Cl)c2O1.[K]. The van der Waals surface area contributed by atoms with Crippen molar-refractivity contribution in [1.29, 1.82) is 0 Å². The third-order valence-electron chi connectivity index (χ3n) is 3.81. The van der Waals surface area contributed by atoms with Gasteiger partial charge in [-0.3, -0.25) is 0 Å². The number of carbonyl (C=O) groups is 1. The van der Waals surface area contributed by atoms with Crippen molar-refractivity contribution in [3.8, 4) is 17.0 Å². The predicted octanol–water partition coefficient (Wildman–Crippen LogP) is 3.29. The number of aromatic nitrogens is 1. The van der Waals surface area contributed by atoms with Crippen LogP contribution in [0.4, 0.5) is 4.39 Å². The molecule has 1 aromatic heterocycles. The minimum Gasteiger partial charge on any atom is -0.478 e. The van der Waals surface area contributed by atoms with E-state index in [1.54, 1.807) is 24.3 Å². The van der Waals surface area contributed by atoms with E-state index in [1.165, 1.54) is 6.07 Å². The molecule has 4 rings (SSSR count). The zero-order valence-corrected chi connectivity index (χ0v) is 16.4. The first kappa shape index (κ1) is 17.8. The predicted molar refractivity (Wildman–Crippen MR) is 85.9 cm³/mol. The average molecular weight is 373 g/mol. The molecule has 1 aliphatic rings. The third-order valence-corrected chi connectivity index (χ3v) is 4.15. The van der Waals surface area contributed by atoms with Crippen molar-refractivity contribution in [2.45, 2.75) is 12.5 Å². The molecule has 0 amide bonds. The maximum absolute atomic E-state index is 14.0. The van der Waals surface area contributed by atoms with Crippen LogP contribution >= 0.6 is 11.6 Å². The smallest absolute Gasteiger partial charge is 0.345 e. The molecule has 0 saturated carbocycles. The molecule has 1 N–H and O–H groups in total. The topological polar surface area (TPSA) is 72.6 Å². The number of fused-ring (bicyclic) bond motifs is 2. The number of carboxylic acid groups (broad SMARTS) is 1. The summed E-state index contributed by atoms with van der Waals surface area (Å²) in [6.45, 7) is 0. The van der Waals surface area contributed by atoms with Gasteiger partial charge in [0.1, 0.15) is 22.3 Å². The summed E-state index contributed by atoms with van der Waals surface area (Å²) >= 11 is 6.25. The first-order valence-electron chi connectivity index (χ1n) is 6.81. The molecule has 3 aromatic rings. The molecule has 5 nitrogen and oxygen atoms in total. The Morgan fingerprint density at radius 2 is 2.12 bits per heavy atom. The third kappa shape index (κ3) is 2.79. The van der Waals surface area contributed by atoms with Gasteiger partial charge in [0.25, 0.3) is 0 Å². The van der Waals surface area contributed by atoms with Gasteiger partial charge in [0, 0.05) is 68.9 Å². The van der Waals surface area contributed by atoms with E-state index < -0.39 is 17.9 Å². The monoisotopic (exact) mass is 372 g/mol. The second-order valence-electron chi connectivity index (χ2n) is 5.22. The molecule has 1 atom stereocenters. The van der Waals surface area contributed by atoms with Gasteiger partial charge >= 0.3 is 5.97 Å². The van der Waals surface area contributed by atoms with Crippen LogP contribution in [0.5, 0.6) is 5.75 Å². The van der Waals surface area contributed by atoms with Crippen molar-refractivity contribution < 1.29 is 23.6 Å². The molecule has 0 aliphatic carbocycles. The fraction of sp³-hybridized carbons (Fsp3) is 0.125. The number of rotatable bonds is 2. The Morgan fingerprint density at radius 1 is 1.38 bits per heavy atom. The van der Waals surface area contributed by atoms with Crippen molar-refractivity contribution in [2.24, 2.45) is 0 Å². The fourth-order valence-electron chi connectivity index (χ4n) is 2.72. The van der Waals surface area contributed by atoms with E-state index in [-0.39, 0.29) is 79.7 Å². The van der Waals surface area contributed by atoms with Crippen LogP contribution in [0.25, 0.3) is 22.2 Å². The number of carboxylic acids is 1. The van der Waals surface area contributed by atoms with Crippen LogP contribution in [-0.4, -0.2) is 73.7 Å². The van der Waals surface area contributed by atoms with Crippen molar-refractivity contribution >= 4 is 79.9 Å². The second kappa shape index (κ2) is 6.74. The number of halogens is 2. The van der Waals surface area contributed by atoms with Gasteiger partial charge in [-0.25, -0.2) is 9.18 Å². The molecule has 2 aromatic carbocycles. The summed E-state index contributed by atoms with van der Waals surface area (Å²) in [5, 5.41) is 13.7. The minimum atomic E-state index is -1.07. The van der Waals surface area contributed by atoms with Gasteiger partial charge in [-0.1, -0.05) is 28.9 Å². The molecular formula is C16H9ClFKNO4. The molecular weight excluding hydrogens is 364 g/mol. The van der Waals surface area contributed by atoms with Crippen LogP contribution in [0, 0.1) is 5.82 Å². The number of aliphatic carboxylic acids is 1. The summed E-state index contributed by atoms with van der Waals surface area (Å²) < 4.78 is 24.6. The number of hydrogen-bond acceptors (Lipinski definition) is 4. The summed E-state index contributed by atoms with van der Waals surface area (Å²) in [6.07, 6.45) is -0.804. The Balaban J connectivity index is 0.00000169. The van der Waals surface area contributed by atoms with Gasteiger partial charge in [0.15, 0.2) is 11.7 Å². The van der Waals surface area contributed by atoms with E-state index in [9.17, 15) is 9.18 Å². The Hall–Kier alpha value is -0.964. The van der Waals surface area contributed by atoms with Crippen molar-refractivity contribution in [2.75, 3.05) is 0 Å².